The maximum absolute atomic E-state index is 13.0. The van der Waals surface area contributed by atoms with Crippen LogP contribution in [0.2, 0.25) is 5.02 Å². The van der Waals surface area contributed by atoms with E-state index in [1.54, 1.807) is 37.3 Å². The number of nitrogens with one attached hydrogen (secondary N) is 1. The molecule has 0 saturated carbocycles. The van der Waals surface area contributed by atoms with E-state index in [9.17, 15) is 14.4 Å². The Labute approximate surface area is 200 Å². The highest BCUT2D eigenvalue weighted by Gasteiger charge is 2.29. The summed E-state index contributed by atoms with van der Waals surface area (Å²) in [6.07, 6.45) is -0.0200. The highest BCUT2D eigenvalue weighted by atomic mass is 35.5. The molecule has 170 valence electrons. The van der Waals surface area contributed by atoms with Crippen LogP contribution in [0.25, 0.3) is 0 Å². The van der Waals surface area contributed by atoms with Gasteiger partial charge in [-0.25, -0.2) is 9.59 Å². The summed E-state index contributed by atoms with van der Waals surface area (Å²) in [4.78, 5) is 38.9. The largest absolute Gasteiger partial charge is 0.462 e. The van der Waals surface area contributed by atoms with Gasteiger partial charge in [-0.3, -0.25) is 4.79 Å². The molecular formula is C25H22ClNO5S. The first kappa shape index (κ1) is 23.0. The molecule has 2 aromatic carbocycles. The Balaban J connectivity index is 1.60. The molecule has 1 atom stereocenters. The summed E-state index contributed by atoms with van der Waals surface area (Å²) >= 11 is 7.29. The zero-order valence-electron chi connectivity index (χ0n) is 18.4. The summed E-state index contributed by atoms with van der Waals surface area (Å²) in [5.41, 5.74) is 3.54. The van der Waals surface area contributed by atoms with Crippen LogP contribution in [0.1, 0.15) is 65.7 Å². The van der Waals surface area contributed by atoms with Gasteiger partial charge < -0.3 is 14.8 Å². The molecule has 8 heteroatoms. The second kappa shape index (κ2) is 9.37. The van der Waals surface area contributed by atoms with E-state index in [0.29, 0.717) is 33.1 Å². The van der Waals surface area contributed by atoms with Crippen LogP contribution in [0, 0.1) is 13.8 Å². The average Bonchev–Trinajstić information content (AvgIpc) is 3.06. The molecule has 0 unspecified atom stereocenters. The van der Waals surface area contributed by atoms with Gasteiger partial charge in [0.15, 0.2) is 0 Å². The predicted molar refractivity (Wildman–Crippen MR) is 127 cm³/mol. The maximum Gasteiger partial charge on any atom is 0.341 e. The monoisotopic (exact) mass is 483 g/mol. The number of amides is 1. The van der Waals surface area contributed by atoms with Gasteiger partial charge >= 0.3 is 11.9 Å². The zero-order chi connectivity index (χ0) is 23.7. The number of thiophene rings is 1. The van der Waals surface area contributed by atoms with Crippen molar-refractivity contribution in [2.24, 2.45) is 0 Å². The van der Waals surface area contributed by atoms with Crippen LogP contribution in [0.3, 0.4) is 0 Å². The van der Waals surface area contributed by atoms with Crippen molar-refractivity contribution < 1.29 is 23.9 Å². The van der Waals surface area contributed by atoms with E-state index in [1.807, 2.05) is 26.0 Å². The summed E-state index contributed by atoms with van der Waals surface area (Å²) in [7, 11) is 0. The third kappa shape index (κ3) is 4.65. The Morgan fingerprint density at radius 2 is 1.91 bits per heavy atom. The van der Waals surface area contributed by atoms with Gasteiger partial charge in [0.05, 0.1) is 17.7 Å². The Morgan fingerprint density at radius 3 is 2.61 bits per heavy atom. The van der Waals surface area contributed by atoms with Crippen LogP contribution >= 0.6 is 22.9 Å². The van der Waals surface area contributed by atoms with E-state index in [1.165, 1.54) is 11.3 Å². The molecule has 33 heavy (non-hydrogen) atoms. The van der Waals surface area contributed by atoms with Crippen LogP contribution in [0.15, 0.2) is 42.5 Å². The lowest BCUT2D eigenvalue weighted by Crippen LogP contribution is -2.23. The smallest absolute Gasteiger partial charge is 0.341 e. The first-order valence-corrected chi connectivity index (χ1v) is 11.7. The molecule has 6 nitrogen and oxygen atoms in total. The minimum atomic E-state index is -0.464. The highest BCUT2D eigenvalue weighted by Crippen LogP contribution is 2.34. The molecule has 0 radical (unpaired) electrons. The first-order chi connectivity index (χ1) is 15.8. The second-order valence-corrected chi connectivity index (χ2v) is 9.34. The van der Waals surface area contributed by atoms with Gasteiger partial charge in [0.2, 0.25) is 0 Å². The quantitative estimate of drug-likeness (QED) is 0.457. The van der Waals surface area contributed by atoms with Crippen LogP contribution in [0.5, 0.6) is 0 Å². The molecule has 4 rings (SSSR count). The van der Waals surface area contributed by atoms with E-state index >= 15 is 0 Å². The van der Waals surface area contributed by atoms with E-state index < -0.39 is 18.0 Å². The predicted octanol–water partition coefficient (Wildman–Crippen LogP) is 5.90. The van der Waals surface area contributed by atoms with Gasteiger partial charge in [0, 0.05) is 21.9 Å². The Bertz CT molecular complexity index is 1250. The second-order valence-electron chi connectivity index (χ2n) is 7.68. The topological polar surface area (TPSA) is 81.7 Å². The van der Waals surface area contributed by atoms with Gasteiger partial charge in [-0.1, -0.05) is 23.7 Å². The summed E-state index contributed by atoms with van der Waals surface area (Å²) in [5.74, 6) is -1.27. The van der Waals surface area contributed by atoms with Crippen molar-refractivity contribution in [2.45, 2.75) is 33.3 Å². The fourth-order valence-corrected chi connectivity index (χ4v) is 4.91. The number of hydrogen-bond acceptors (Lipinski definition) is 6. The fourth-order valence-electron chi connectivity index (χ4n) is 3.74. The standard InChI is InChI=1S/C25H22ClNO5S/c1-4-31-25(30)21-13(2)14(3)33-23(21)27-22(28)16-7-10-19-17(11-16)12-20(32-24(19)29)15-5-8-18(26)9-6-15/h5-11,20H,4,12H2,1-3H3,(H,27,28)/t20-/m0/s1. The Hall–Kier alpha value is -3.16. The molecular weight excluding hydrogens is 462 g/mol. The third-order valence-corrected chi connectivity index (χ3v) is 6.95. The number of esters is 2. The number of rotatable bonds is 5. The first-order valence-electron chi connectivity index (χ1n) is 10.5. The lowest BCUT2D eigenvalue weighted by Gasteiger charge is -2.25. The Kier molecular flexibility index (Phi) is 6.54. The molecule has 0 aliphatic carbocycles. The van der Waals surface area contributed by atoms with Crippen molar-refractivity contribution in [3.8, 4) is 0 Å². The number of fused-ring (bicyclic) bond motifs is 1. The summed E-state index contributed by atoms with van der Waals surface area (Å²) in [5, 5.41) is 3.89. The molecule has 1 amide bonds. The molecule has 1 aliphatic rings. The number of carbonyl (C=O) groups excluding carboxylic acids is 3. The molecule has 3 aromatic rings. The van der Waals surface area contributed by atoms with Crippen molar-refractivity contribution in [3.05, 3.63) is 85.7 Å². The van der Waals surface area contributed by atoms with Gasteiger partial charge in [0.1, 0.15) is 11.1 Å². The fraction of sp³-hybridized carbons (Fsp3) is 0.240. The van der Waals surface area contributed by atoms with Crippen molar-refractivity contribution >= 4 is 45.8 Å². The molecule has 0 fully saturated rings. The minimum Gasteiger partial charge on any atom is -0.462 e. The summed E-state index contributed by atoms with van der Waals surface area (Å²) < 4.78 is 10.7. The van der Waals surface area contributed by atoms with Crippen molar-refractivity contribution in [2.75, 3.05) is 11.9 Å². The SMILES string of the molecule is CCOC(=O)c1c(NC(=O)c2ccc3c(c2)C[C@@H](c2ccc(Cl)cc2)OC3=O)sc(C)c1C. The number of aryl methyl sites for hydroxylation is 1. The van der Waals surface area contributed by atoms with Gasteiger partial charge in [-0.2, -0.15) is 0 Å². The maximum atomic E-state index is 13.0. The normalized spacial score (nSPS) is 14.9. The van der Waals surface area contributed by atoms with Crippen LogP contribution in [-0.2, 0) is 15.9 Å². The van der Waals surface area contributed by atoms with E-state index in [-0.39, 0.29) is 12.5 Å². The number of carbonyl (C=O) groups is 3. The molecule has 0 saturated heterocycles. The lowest BCUT2D eigenvalue weighted by atomic mass is 9.93. The number of ether oxygens (including phenoxy) is 2. The average molecular weight is 484 g/mol. The van der Waals surface area contributed by atoms with E-state index in [0.717, 1.165) is 21.6 Å². The van der Waals surface area contributed by atoms with Crippen molar-refractivity contribution in [3.63, 3.8) is 0 Å². The third-order valence-electron chi connectivity index (χ3n) is 5.58. The van der Waals surface area contributed by atoms with Crippen LogP contribution in [-0.4, -0.2) is 24.5 Å². The van der Waals surface area contributed by atoms with Gasteiger partial charge in [-0.15, -0.1) is 11.3 Å². The number of benzene rings is 2. The lowest BCUT2D eigenvalue weighted by molar-refractivity contribution is 0.0252. The van der Waals surface area contributed by atoms with Crippen molar-refractivity contribution in [1.29, 1.82) is 0 Å². The number of anilines is 1. The molecule has 0 bridgehead atoms. The van der Waals surface area contributed by atoms with E-state index in [2.05, 4.69) is 5.32 Å². The molecule has 1 aliphatic heterocycles. The molecule has 1 aromatic heterocycles. The van der Waals surface area contributed by atoms with E-state index in [4.69, 9.17) is 21.1 Å². The molecule has 1 N–H and O–H groups in total. The molecule has 0 spiro atoms. The van der Waals surface area contributed by atoms with Crippen molar-refractivity contribution in [1.82, 2.24) is 0 Å². The Morgan fingerprint density at radius 1 is 1.18 bits per heavy atom. The van der Waals surface area contributed by atoms with Gasteiger partial charge in [-0.05, 0) is 67.8 Å². The number of halogens is 1. The zero-order valence-corrected chi connectivity index (χ0v) is 19.9. The van der Waals surface area contributed by atoms with Gasteiger partial charge in [0.25, 0.3) is 5.91 Å². The number of hydrogen-bond donors (Lipinski definition) is 1. The van der Waals surface area contributed by atoms with Crippen LogP contribution in [0.4, 0.5) is 5.00 Å². The highest BCUT2D eigenvalue weighted by molar-refractivity contribution is 7.16. The summed E-state index contributed by atoms with van der Waals surface area (Å²) in [6.45, 7) is 5.70. The van der Waals surface area contributed by atoms with Crippen LogP contribution < -0.4 is 5.32 Å². The summed E-state index contributed by atoms with van der Waals surface area (Å²) in [6, 6.07) is 12.0. The number of cyclic esters (lactones) is 1. The molecule has 2 heterocycles. The minimum absolute atomic E-state index is 0.246.